The van der Waals surface area contributed by atoms with E-state index in [1.165, 1.54) is 0 Å². The number of aromatic amines is 2. The summed E-state index contributed by atoms with van der Waals surface area (Å²) in [5, 5.41) is 2.88. The highest BCUT2D eigenvalue weighted by molar-refractivity contribution is 5.89. The molecule has 3 fully saturated rings. The number of aromatic nitrogens is 4. The van der Waals surface area contributed by atoms with Crippen LogP contribution in [0.15, 0.2) is 36.7 Å². The lowest BCUT2D eigenvalue weighted by molar-refractivity contribution is -0.137. The lowest BCUT2D eigenvalue weighted by Gasteiger charge is -2.26. The second kappa shape index (κ2) is 10.9. The molecule has 6 rings (SSSR count). The van der Waals surface area contributed by atoms with E-state index in [0.717, 1.165) is 72.7 Å². The molecule has 3 aliphatic rings. The lowest BCUT2D eigenvalue weighted by atomic mass is 10.1. The van der Waals surface area contributed by atoms with Crippen LogP contribution in [0.3, 0.4) is 0 Å². The van der Waals surface area contributed by atoms with Crippen LogP contribution in [0.5, 0.6) is 0 Å². The molecule has 3 amide bonds. The molecular formula is C29H36N8O3. The number of likely N-dealkylation sites (tertiary alicyclic amines) is 2. The van der Waals surface area contributed by atoms with Crippen molar-refractivity contribution in [3.8, 4) is 22.5 Å². The van der Waals surface area contributed by atoms with E-state index >= 15 is 0 Å². The minimum atomic E-state index is -0.545. The van der Waals surface area contributed by atoms with Crippen LogP contribution in [0.2, 0.25) is 0 Å². The van der Waals surface area contributed by atoms with Gasteiger partial charge in [0.1, 0.15) is 17.7 Å². The van der Waals surface area contributed by atoms with Crippen LogP contribution in [0, 0.1) is 5.92 Å². The molecular weight excluding hydrogens is 508 g/mol. The van der Waals surface area contributed by atoms with Crippen molar-refractivity contribution in [1.82, 2.24) is 35.1 Å². The van der Waals surface area contributed by atoms with Gasteiger partial charge in [-0.15, -0.1) is 0 Å². The summed E-state index contributed by atoms with van der Waals surface area (Å²) in [6, 6.07) is 7.37. The minimum absolute atomic E-state index is 0.00759. The molecule has 0 unspecified atom stereocenters. The number of benzene rings is 1. The Hall–Kier alpha value is -3.99. The quantitative estimate of drug-likeness (QED) is 0.342. The Morgan fingerprint density at radius 2 is 1.43 bits per heavy atom. The van der Waals surface area contributed by atoms with E-state index in [2.05, 4.69) is 25.3 Å². The highest BCUT2D eigenvalue weighted by Gasteiger charge is 2.37. The summed E-state index contributed by atoms with van der Waals surface area (Å²) in [6.07, 6.45) is 8.98. The standard InChI is InChI=1S/C29H36N8O3/c1-17(33-28(39)20-10-11-20)29(40)37-13-3-5-24(37)27-32-16-22(35-27)19-8-6-18(7-9-19)21-15-31-26(34-21)23-4-2-12-36(23)25(38)14-30/h6-9,15-17,20,23-24H,2-5,10-14,30H2,1H3,(H,31,34)(H,32,35)(H,33,39)/t17-,23+,24+/m1/s1. The van der Waals surface area contributed by atoms with E-state index in [0.29, 0.717) is 13.1 Å². The smallest absolute Gasteiger partial charge is 0.245 e. The Labute approximate surface area is 232 Å². The van der Waals surface area contributed by atoms with E-state index < -0.39 is 6.04 Å². The molecule has 40 heavy (non-hydrogen) atoms. The molecule has 11 nitrogen and oxygen atoms in total. The number of hydrogen-bond acceptors (Lipinski definition) is 6. The Morgan fingerprint density at radius 3 is 1.95 bits per heavy atom. The van der Waals surface area contributed by atoms with Gasteiger partial charge in [0.2, 0.25) is 17.7 Å². The molecule has 2 aliphatic heterocycles. The molecule has 11 heteroatoms. The molecule has 1 saturated carbocycles. The predicted molar refractivity (Wildman–Crippen MR) is 148 cm³/mol. The van der Waals surface area contributed by atoms with Crippen molar-refractivity contribution >= 4 is 17.7 Å². The SMILES string of the molecule is C[C@@H](NC(=O)C1CC1)C(=O)N1CCC[C@H]1c1ncc(-c2ccc(-c3cnc([C@@H]4CCCN4C(=O)CN)[nH]3)cc2)[nH]1. The van der Waals surface area contributed by atoms with Crippen molar-refractivity contribution in [2.24, 2.45) is 11.7 Å². The van der Waals surface area contributed by atoms with E-state index in [9.17, 15) is 14.4 Å². The molecule has 4 heterocycles. The summed E-state index contributed by atoms with van der Waals surface area (Å²) in [4.78, 5) is 57.2. The van der Waals surface area contributed by atoms with Gasteiger partial charge in [-0.25, -0.2) is 9.97 Å². The third-order valence-electron chi connectivity index (χ3n) is 8.29. The Kier molecular flexibility index (Phi) is 7.14. The Morgan fingerprint density at radius 1 is 0.900 bits per heavy atom. The molecule has 210 valence electrons. The van der Waals surface area contributed by atoms with Crippen molar-refractivity contribution < 1.29 is 14.4 Å². The van der Waals surface area contributed by atoms with Crippen molar-refractivity contribution in [3.63, 3.8) is 0 Å². The summed E-state index contributed by atoms with van der Waals surface area (Å²) < 4.78 is 0. The van der Waals surface area contributed by atoms with Crippen molar-refractivity contribution in [1.29, 1.82) is 0 Å². The topological polar surface area (TPSA) is 153 Å². The van der Waals surface area contributed by atoms with E-state index in [4.69, 9.17) is 5.73 Å². The van der Waals surface area contributed by atoms with Crippen LogP contribution in [0.4, 0.5) is 0 Å². The van der Waals surface area contributed by atoms with E-state index in [1.54, 1.807) is 13.1 Å². The fraction of sp³-hybridized carbons (Fsp3) is 0.483. The predicted octanol–water partition coefficient (Wildman–Crippen LogP) is 2.67. The number of amides is 3. The maximum atomic E-state index is 13.1. The van der Waals surface area contributed by atoms with Crippen LogP contribution >= 0.6 is 0 Å². The van der Waals surface area contributed by atoms with Gasteiger partial charge in [-0.05, 0) is 56.6 Å². The normalized spacial score (nSPS) is 21.6. The summed E-state index contributed by atoms with van der Waals surface area (Å²) in [6.45, 7) is 3.14. The number of imidazole rings is 2. The van der Waals surface area contributed by atoms with Crippen molar-refractivity contribution in [2.75, 3.05) is 19.6 Å². The van der Waals surface area contributed by atoms with Crippen molar-refractivity contribution in [2.45, 2.75) is 63.6 Å². The van der Waals surface area contributed by atoms with Gasteiger partial charge in [-0.3, -0.25) is 14.4 Å². The highest BCUT2D eigenvalue weighted by Crippen LogP contribution is 2.34. The summed E-state index contributed by atoms with van der Waals surface area (Å²) in [5.74, 6) is 1.48. The summed E-state index contributed by atoms with van der Waals surface area (Å²) >= 11 is 0. The maximum Gasteiger partial charge on any atom is 0.245 e. The Balaban J connectivity index is 1.12. The molecule has 1 aromatic carbocycles. The van der Waals surface area contributed by atoms with Gasteiger partial charge in [0.25, 0.3) is 0 Å². The average Bonchev–Trinajstić information content (AvgIpc) is 3.44. The van der Waals surface area contributed by atoms with Crippen LogP contribution in [0.1, 0.15) is 69.2 Å². The van der Waals surface area contributed by atoms with E-state index in [-0.39, 0.29) is 42.3 Å². The zero-order valence-corrected chi connectivity index (χ0v) is 22.7. The molecule has 3 atom stereocenters. The number of nitrogens with two attached hydrogens (primary N) is 1. The van der Waals surface area contributed by atoms with Crippen LogP contribution < -0.4 is 11.1 Å². The van der Waals surface area contributed by atoms with Gasteiger partial charge in [0.05, 0.1) is 42.4 Å². The van der Waals surface area contributed by atoms with Gasteiger partial charge >= 0.3 is 0 Å². The van der Waals surface area contributed by atoms with Gasteiger partial charge in [-0.1, -0.05) is 24.3 Å². The average molecular weight is 545 g/mol. The second-order valence-electron chi connectivity index (χ2n) is 11.1. The highest BCUT2D eigenvalue weighted by atomic mass is 16.2. The van der Waals surface area contributed by atoms with Crippen LogP contribution in [-0.2, 0) is 14.4 Å². The third kappa shape index (κ3) is 5.13. The zero-order chi connectivity index (χ0) is 27.8. The van der Waals surface area contributed by atoms with Gasteiger partial charge in [-0.2, -0.15) is 0 Å². The first kappa shape index (κ1) is 26.2. The number of nitrogens with one attached hydrogen (secondary N) is 3. The number of hydrogen-bond donors (Lipinski definition) is 4. The second-order valence-corrected chi connectivity index (χ2v) is 11.1. The van der Waals surface area contributed by atoms with Gasteiger partial charge in [0.15, 0.2) is 0 Å². The number of H-pyrrole nitrogens is 2. The minimum Gasteiger partial charge on any atom is -0.344 e. The molecule has 0 bridgehead atoms. The van der Waals surface area contributed by atoms with Crippen LogP contribution in [0.25, 0.3) is 22.5 Å². The van der Waals surface area contributed by atoms with Gasteiger partial charge in [0, 0.05) is 19.0 Å². The Bertz CT molecular complexity index is 1390. The number of nitrogens with zero attached hydrogens (tertiary/aromatic N) is 4. The first-order valence-corrected chi connectivity index (χ1v) is 14.2. The number of rotatable bonds is 8. The lowest BCUT2D eigenvalue weighted by Crippen LogP contribution is -2.47. The van der Waals surface area contributed by atoms with Crippen LogP contribution in [-0.4, -0.2) is 73.1 Å². The van der Waals surface area contributed by atoms with E-state index in [1.807, 2.05) is 40.3 Å². The summed E-state index contributed by atoms with van der Waals surface area (Å²) in [5.41, 5.74) is 9.33. The number of carbonyl (C=O) groups is 3. The molecule has 3 aromatic rings. The zero-order valence-electron chi connectivity index (χ0n) is 22.7. The largest absolute Gasteiger partial charge is 0.344 e. The molecule has 5 N–H and O–H groups in total. The molecule has 2 aromatic heterocycles. The summed E-state index contributed by atoms with van der Waals surface area (Å²) in [7, 11) is 0. The maximum absolute atomic E-state index is 13.1. The fourth-order valence-corrected chi connectivity index (χ4v) is 5.90. The van der Waals surface area contributed by atoms with Gasteiger partial charge < -0.3 is 30.8 Å². The molecule has 0 spiro atoms. The first-order valence-electron chi connectivity index (χ1n) is 14.2. The van der Waals surface area contributed by atoms with Crippen molar-refractivity contribution in [3.05, 3.63) is 48.3 Å². The molecule has 2 saturated heterocycles. The molecule has 0 radical (unpaired) electrons. The molecule has 1 aliphatic carbocycles. The first-order chi connectivity index (χ1) is 19.4. The monoisotopic (exact) mass is 544 g/mol. The third-order valence-corrected chi connectivity index (χ3v) is 8.29. The fourth-order valence-electron chi connectivity index (χ4n) is 5.90. The number of carbonyl (C=O) groups excluding carboxylic acids is 3.